The first kappa shape index (κ1) is 17.4. The summed E-state index contributed by atoms with van der Waals surface area (Å²) < 4.78 is 40.8. The van der Waals surface area contributed by atoms with E-state index < -0.39 is 9.84 Å². The molecule has 1 saturated heterocycles. The van der Waals surface area contributed by atoms with Crippen LogP contribution >= 0.6 is 0 Å². The molecule has 25 heavy (non-hydrogen) atoms. The average Bonchev–Trinajstić information content (AvgIpc) is 3.03. The lowest BCUT2D eigenvalue weighted by Crippen LogP contribution is -2.31. The molecule has 0 radical (unpaired) electrons. The van der Waals surface area contributed by atoms with E-state index in [0.717, 1.165) is 4.90 Å². The van der Waals surface area contributed by atoms with E-state index in [1.807, 2.05) is 0 Å². The molecule has 1 aromatic rings. The molecule has 0 spiro atoms. The zero-order valence-electron chi connectivity index (χ0n) is 13.8. The topological polar surface area (TPSA) is 99.2 Å². The maximum Gasteiger partial charge on any atom is 0.231 e. The summed E-state index contributed by atoms with van der Waals surface area (Å²) >= 11 is 0. The van der Waals surface area contributed by atoms with Crippen LogP contribution in [0, 0.1) is 0 Å². The van der Waals surface area contributed by atoms with Crippen molar-refractivity contribution in [3.05, 3.63) is 22.6 Å². The van der Waals surface area contributed by atoms with E-state index in [2.05, 4.69) is 0 Å². The first-order valence-electron chi connectivity index (χ1n) is 7.51. The number of sulfone groups is 1. The highest BCUT2D eigenvalue weighted by Gasteiger charge is 2.33. The van der Waals surface area contributed by atoms with Gasteiger partial charge in [-0.25, -0.2) is 8.42 Å². The van der Waals surface area contributed by atoms with Crippen LogP contribution in [0.2, 0.25) is 0 Å². The van der Waals surface area contributed by atoms with E-state index in [-0.39, 0.29) is 47.8 Å². The van der Waals surface area contributed by atoms with Crippen LogP contribution in [0.3, 0.4) is 0 Å². The summed E-state index contributed by atoms with van der Waals surface area (Å²) in [6.45, 7) is -0.494. The molecule has 2 aliphatic heterocycles. The fourth-order valence-electron chi connectivity index (χ4n) is 2.74. The smallest absolute Gasteiger partial charge is 0.231 e. The van der Waals surface area contributed by atoms with Gasteiger partial charge >= 0.3 is 0 Å². The van der Waals surface area contributed by atoms with Crippen molar-refractivity contribution >= 4 is 27.7 Å². The number of nitrogens with zero attached hydrogens (tertiary/aromatic N) is 1. The number of fused-ring (bicyclic) bond motifs is 1. The Balaban J connectivity index is 1.77. The lowest BCUT2D eigenvalue weighted by molar-refractivity contribution is -0.144. The lowest BCUT2D eigenvalue weighted by atomic mass is 10.2. The molecule has 0 saturated carbocycles. The maximum atomic E-state index is 12.6. The molecule has 8 nitrogen and oxygen atoms in total. The Morgan fingerprint density at radius 3 is 2.24 bits per heavy atom. The molecule has 2 aliphatic rings. The molecule has 1 fully saturated rings. The zero-order valence-corrected chi connectivity index (χ0v) is 14.6. The number of hydrogen-bond acceptors (Lipinski definition) is 7. The molecule has 0 aromatic heterocycles. The SMILES string of the molecule is COc1cc2c(cc1OC)S(=O)(=O)C(COCN1C(=O)CCC1=O)=C2. The van der Waals surface area contributed by atoms with Crippen molar-refractivity contribution in [3.63, 3.8) is 0 Å². The Labute approximate surface area is 144 Å². The number of rotatable bonds is 6. The second-order valence-corrected chi connectivity index (χ2v) is 7.52. The van der Waals surface area contributed by atoms with Gasteiger partial charge in [0.25, 0.3) is 0 Å². The third-order valence-corrected chi connectivity index (χ3v) is 5.95. The molecular weight excluding hydrogens is 350 g/mol. The van der Waals surface area contributed by atoms with Gasteiger partial charge < -0.3 is 14.2 Å². The molecule has 134 valence electrons. The Hall–Kier alpha value is -2.39. The molecule has 0 bridgehead atoms. The summed E-state index contributed by atoms with van der Waals surface area (Å²) in [4.78, 5) is 24.2. The van der Waals surface area contributed by atoms with Crippen LogP contribution in [0.25, 0.3) is 6.08 Å². The molecule has 1 aromatic carbocycles. The van der Waals surface area contributed by atoms with Crippen molar-refractivity contribution in [2.24, 2.45) is 0 Å². The van der Waals surface area contributed by atoms with E-state index in [4.69, 9.17) is 14.2 Å². The van der Waals surface area contributed by atoms with Crippen LogP contribution in [0.15, 0.2) is 21.9 Å². The number of carbonyl (C=O) groups is 2. The second-order valence-electron chi connectivity index (χ2n) is 5.55. The fraction of sp³-hybridized carbons (Fsp3) is 0.375. The van der Waals surface area contributed by atoms with Crippen molar-refractivity contribution in [2.45, 2.75) is 17.7 Å². The number of imide groups is 1. The highest BCUT2D eigenvalue weighted by Crippen LogP contribution is 2.40. The van der Waals surface area contributed by atoms with Crippen LogP contribution in [-0.2, 0) is 24.2 Å². The van der Waals surface area contributed by atoms with Crippen LogP contribution in [0.1, 0.15) is 18.4 Å². The van der Waals surface area contributed by atoms with Gasteiger partial charge in [-0.1, -0.05) is 0 Å². The Morgan fingerprint density at radius 1 is 1.04 bits per heavy atom. The van der Waals surface area contributed by atoms with Gasteiger partial charge in [0.05, 0.1) is 30.6 Å². The van der Waals surface area contributed by atoms with E-state index >= 15 is 0 Å². The molecule has 3 rings (SSSR count). The molecule has 9 heteroatoms. The lowest BCUT2D eigenvalue weighted by Gasteiger charge is -2.14. The molecular formula is C16H17NO7S. The van der Waals surface area contributed by atoms with E-state index in [0.29, 0.717) is 17.1 Å². The summed E-state index contributed by atoms with van der Waals surface area (Å²) in [6.07, 6.45) is 1.81. The van der Waals surface area contributed by atoms with Gasteiger partial charge in [0.15, 0.2) is 11.5 Å². The van der Waals surface area contributed by atoms with Gasteiger partial charge in [-0.15, -0.1) is 0 Å². The quantitative estimate of drug-likeness (QED) is 0.690. The normalized spacial score (nSPS) is 18.3. The number of carbonyl (C=O) groups excluding carboxylic acids is 2. The molecule has 2 heterocycles. The van der Waals surface area contributed by atoms with Crippen molar-refractivity contribution in [2.75, 3.05) is 27.6 Å². The van der Waals surface area contributed by atoms with E-state index in [1.165, 1.54) is 26.4 Å². The van der Waals surface area contributed by atoms with Gasteiger partial charge in [0, 0.05) is 18.9 Å². The first-order chi connectivity index (χ1) is 11.9. The van der Waals surface area contributed by atoms with E-state index in [9.17, 15) is 18.0 Å². The summed E-state index contributed by atoms with van der Waals surface area (Å²) in [5.74, 6) is 0.105. The largest absolute Gasteiger partial charge is 0.493 e. The minimum atomic E-state index is -3.71. The minimum Gasteiger partial charge on any atom is -0.493 e. The molecule has 0 aliphatic carbocycles. The van der Waals surface area contributed by atoms with Crippen molar-refractivity contribution in [1.82, 2.24) is 4.90 Å². The molecule has 2 amide bonds. The third-order valence-electron chi connectivity index (χ3n) is 4.09. The van der Waals surface area contributed by atoms with Gasteiger partial charge in [0.1, 0.15) is 6.73 Å². The zero-order chi connectivity index (χ0) is 18.2. The maximum absolute atomic E-state index is 12.6. The predicted molar refractivity (Wildman–Crippen MR) is 86.6 cm³/mol. The number of amides is 2. The van der Waals surface area contributed by atoms with Crippen LogP contribution in [0.4, 0.5) is 0 Å². The fourth-order valence-corrected chi connectivity index (χ4v) is 4.23. The summed E-state index contributed by atoms with van der Waals surface area (Å²) in [5.41, 5.74) is 0.476. The molecule has 0 atom stereocenters. The highest BCUT2D eigenvalue weighted by atomic mass is 32.2. The van der Waals surface area contributed by atoms with E-state index in [1.54, 1.807) is 6.07 Å². The Morgan fingerprint density at radius 2 is 1.64 bits per heavy atom. The number of benzene rings is 1. The highest BCUT2D eigenvalue weighted by molar-refractivity contribution is 7.95. The summed E-state index contributed by atoms with van der Waals surface area (Å²) in [5, 5.41) is 0. The van der Waals surface area contributed by atoms with Gasteiger partial charge in [-0.05, 0) is 17.7 Å². The molecule has 0 N–H and O–H groups in total. The van der Waals surface area contributed by atoms with Crippen molar-refractivity contribution in [1.29, 1.82) is 0 Å². The molecule has 0 unspecified atom stereocenters. The van der Waals surface area contributed by atoms with Crippen LogP contribution in [-0.4, -0.2) is 52.7 Å². The van der Waals surface area contributed by atoms with Gasteiger partial charge in [-0.2, -0.15) is 0 Å². The number of hydrogen-bond donors (Lipinski definition) is 0. The van der Waals surface area contributed by atoms with Crippen LogP contribution in [0.5, 0.6) is 11.5 Å². The van der Waals surface area contributed by atoms with Gasteiger partial charge in [-0.3, -0.25) is 14.5 Å². The predicted octanol–water partition coefficient (Wildman–Crippen LogP) is 0.955. The second kappa shape index (κ2) is 6.49. The van der Waals surface area contributed by atoms with Crippen molar-refractivity contribution in [3.8, 4) is 11.5 Å². The monoisotopic (exact) mass is 367 g/mol. The van der Waals surface area contributed by atoms with Gasteiger partial charge in [0.2, 0.25) is 21.7 Å². The summed E-state index contributed by atoms with van der Waals surface area (Å²) in [6, 6.07) is 2.98. The number of methoxy groups -OCH3 is 2. The first-order valence-corrected chi connectivity index (χ1v) is 8.99. The standard InChI is InChI=1S/C16H17NO7S/c1-22-12-6-10-5-11(25(20,21)14(10)7-13(12)23-2)8-24-9-17-15(18)3-4-16(17)19/h5-7H,3-4,8-9H2,1-2H3. The average molecular weight is 367 g/mol. The summed E-state index contributed by atoms with van der Waals surface area (Å²) in [7, 11) is -0.827. The minimum absolute atomic E-state index is 0.0527. The van der Waals surface area contributed by atoms with Crippen molar-refractivity contribution < 1.29 is 32.2 Å². The number of likely N-dealkylation sites (tertiary alicyclic amines) is 1. The Bertz CT molecular complexity index is 857. The van der Waals surface area contributed by atoms with Crippen LogP contribution < -0.4 is 9.47 Å². The third kappa shape index (κ3) is 3.00. The number of ether oxygens (including phenoxy) is 3. The Kier molecular flexibility index (Phi) is 4.53.